The van der Waals surface area contributed by atoms with Crippen LogP contribution in [0.25, 0.3) is 20.3 Å². The maximum atomic E-state index is 13.4. The summed E-state index contributed by atoms with van der Waals surface area (Å²) in [6.45, 7) is 0.402. The number of halogens is 1. The summed E-state index contributed by atoms with van der Waals surface area (Å²) in [6, 6.07) is 18.6. The first-order valence-electron chi connectivity index (χ1n) is 9.03. The number of thiophene rings is 1. The molecule has 0 fully saturated rings. The highest BCUT2D eigenvalue weighted by Crippen LogP contribution is 2.31. The van der Waals surface area contributed by atoms with Gasteiger partial charge in [-0.2, -0.15) is 0 Å². The third-order valence-electron chi connectivity index (χ3n) is 4.86. The van der Waals surface area contributed by atoms with E-state index < -0.39 is 0 Å². The largest absolute Gasteiger partial charge is 0.467 e. The molecule has 0 unspecified atom stereocenters. The van der Waals surface area contributed by atoms with Gasteiger partial charge in [-0.1, -0.05) is 41.9 Å². The van der Waals surface area contributed by atoms with E-state index in [1.807, 2.05) is 42.5 Å². The van der Waals surface area contributed by atoms with Crippen LogP contribution in [0.15, 0.2) is 80.9 Å². The van der Waals surface area contributed by atoms with Gasteiger partial charge < -0.3 is 4.42 Å². The van der Waals surface area contributed by atoms with Crippen LogP contribution in [-0.4, -0.2) is 9.13 Å². The molecule has 0 saturated heterocycles. The summed E-state index contributed by atoms with van der Waals surface area (Å²) >= 11 is 7.54. The smallest absolute Gasteiger partial charge is 0.332 e. The van der Waals surface area contributed by atoms with Crippen LogP contribution < -0.4 is 11.2 Å². The first-order chi connectivity index (χ1) is 14.1. The lowest BCUT2D eigenvalue weighted by Crippen LogP contribution is -2.40. The minimum absolute atomic E-state index is 0.0877. The van der Waals surface area contributed by atoms with E-state index >= 15 is 0 Å². The lowest BCUT2D eigenvalue weighted by Gasteiger charge is -2.12. The number of furan rings is 1. The number of nitrogens with zero attached hydrogens (tertiary/aromatic N) is 2. The molecule has 2 aromatic carbocycles. The van der Waals surface area contributed by atoms with Crippen molar-refractivity contribution in [1.29, 1.82) is 0 Å². The highest BCUT2D eigenvalue weighted by atomic mass is 35.5. The number of fused-ring (bicyclic) bond motifs is 3. The van der Waals surface area contributed by atoms with Crippen molar-refractivity contribution >= 4 is 43.2 Å². The second kappa shape index (κ2) is 7.06. The highest BCUT2D eigenvalue weighted by molar-refractivity contribution is 7.25. The second-order valence-corrected chi connectivity index (χ2v) is 8.23. The van der Waals surface area contributed by atoms with Crippen LogP contribution in [0.3, 0.4) is 0 Å². The van der Waals surface area contributed by atoms with Gasteiger partial charge in [0.15, 0.2) is 0 Å². The molecule has 0 saturated carbocycles. The number of aromatic nitrogens is 2. The second-order valence-electron chi connectivity index (χ2n) is 6.75. The number of hydrogen-bond donors (Lipinski definition) is 0. The Morgan fingerprint density at radius 1 is 0.931 bits per heavy atom. The Bertz CT molecular complexity index is 1460. The fourth-order valence-electron chi connectivity index (χ4n) is 3.56. The van der Waals surface area contributed by atoms with Gasteiger partial charge >= 0.3 is 5.69 Å². The summed E-state index contributed by atoms with van der Waals surface area (Å²) in [4.78, 5) is 26.6. The van der Waals surface area contributed by atoms with Crippen molar-refractivity contribution in [1.82, 2.24) is 9.13 Å². The average Bonchev–Trinajstić information content (AvgIpc) is 3.36. The Kier molecular flexibility index (Phi) is 4.38. The Morgan fingerprint density at radius 2 is 1.79 bits per heavy atom. The minimum Gasteiger partial charge on any atom is -0.467 e. The standard InChI is InChI=1S/C22H15ClN2O3S/c23-15-6-3-5-14(11-15)12-24-19-17-8-1-2-9-18(17)29-20(19)21(26)25(22(24)27)13-16-7-4-10-28-16/h1-11H,12-13H2. The fraction of sp³-hybridized carbons (Fsp3) is 0.0909. The Hall–Kier alpha value is -3.09. The molecule has 5 nitrogen and oxygen atoms in total. The van der Waals surface area contributed by atoms with Crippen molar-refractivity contribution in [3.05, 3.63) is 104 Å². The van der Waals surface area contributed by atoms with E-state index in [9.17, 15) is 9.59 Å². The van der Waals surface area contributed by atoms with Gasteiger partial charge in [-0.3, -0.25) is 13.9 Å². The average molecular weight is 423 g/mol. The number of hydrogen-bond acceptors (Lipinski definition) is 4. The summed E-state index contributed by atoms with van der Waals surface area (Å²) in [7, 11) is 0. The van der Waals surface area contributed by atoms with E-state index in [4.69, 9.17) is 16.0 Å². The van der Waals surface area contributed by atoms with E-state index in [0.717, 1.165) is 15.6 Å². The molecule has 0 atom stereocenters. The lowest BCUT2D eigenvalue weighted by atomic mass is 10.2. The molecule has 3 aromatic heterocycles. The van der Waals surface area contributed by atoms with Gasteiger partial charge in [-0.05, 0) is 35.9 Å². The van der Waals surface area contributed by atoms with Crippen LogP contribution in [0.4, 0.5) is 0 Å². The van der Waals surface area contributed by atoms with E-state index in [1.54, 1.807) is 22.8 Å². The molecule has 0 radical (unpaired) electrons. The third-order valence-corrected chi connectivity index (χ3v) is 6.25. The quantitative estimate of drug-likeness (QED) is 0.421. The summed E-state index contributed by atoms with van der Waals surface area (Å²) in [5.74, 6) is 0.555. The molecule has 29 heavy (non-hydrogen) atoms. The number of rotatable bonds is 4. The fourth-order valence-corrected chi connectivity index (χ4v) is 4.93. The van der Waals surface area contributed by atoms with Gasteiger partial charge in [-0.15, -0.1) is 11.3 Å². The summed E-state index contributed by atoms with van der Waals surface area (Å²) in [5, 5.41) is 1.50. The number of benzene rings is 2. The Labute approximate surface area is 174 Å². The van der Waals surface area contributed by atoms with Crippen LogP contribution in [0.2, 0.25) is 5.02 Å². The van der Waals surface area contributed by atoms with E-state index in [0.29, 0.717) is 27.5 Å². The SMILES string of the molecule is O=c1c2sc3ccccc3c2n(Cc2cccc(Cl)c2)c(=O)n1Cc1ccco1. The molecule has 0 aliphatic heterocycles. The molecule has 0 N–H and O–H groups in total. The van der Waals surface area contributed by atoms with Gasteiger partial charge in [0.2, 0.25) is 0 Å². The van der Waals surface area contributed by atoms with Crippen molar-refractivity contribution in [3.8, 4) is 0 Å². The van der Waals surface area contributed by atoms with Crippen LogP contribution >= 0.6 is 22.9 Å². The van der Waals surface area contributed by atoms with E-state index in [-0.39, 0.29) is 17.8 Å². The maximum absolute atomic E-state index is 13.4. The molecule has 7 heteroatoms. The lowest BCUT2D eigenvalue weighted by molar-refractivity contribution is 0.479. The molecule has 0 aliphatic carbocycles. The highest BCUT2D eigenvalue weighted by Gasteiger charge is 2.19. The topological polar surface area (TPSA) is 57.1 Å². The van der Waals surface area contributed by atoms with Crippen molar-refractivity contribution < 1.29 is 4.42 Å². The van der Waals surface area contributed by atoms with Gasteiger partial charge in [0, 0.05) is 15.1 Å². The Morgan fingerprint density at radius 3 is 2.59 bits per heavy atom. The zero-order valence-electron chi connectivity index (χ0n) is 15.2. The van der Waals surface area contributed by atoms with Crippen molar-refractivity contribution in [2.45, 2.75) is 13.1 Å². The van der Waals surface area contributed by atoms with E-state index in [1.165, 1.54) is 22.2 Å². The van der Waals surface area contributed by atoms with Gasteiger partial charge in [-0.25, -0.2) is 4.79 Å². The zero-order chi connectivity index (χ0) is 20.0. The molecule has 0 amide bonds. The van der Waals surface area contributed by atoms with Crippen molar-refractivity contribution in [2.24, 2.45) is 0 Å². The monoisotopic (exact) mass is 422 g/mol. The van der Waals surface area contributed by atoms with Crippen LogP contribution in [-0.2, 0) is 13.1 Å². The molecule has 5 aromatic rings. The first kappa shape index (κ1) is 18.0. The third kappa shape index (κ3) is 3.10. The zero-order valence-corrected chi connectivity index (χ0v) is 16.7. The summed E-state index contributed by atoms with van der Waals surface area (Å²) in [5.41, 5.74) is 0.878. The van der Waals surface area contributed by atoms with Crippen LogP contribution in [0.5, 0.6) is 0 Å². The minimum atomic E-state index is -0.373. The molecule has 0 spiro atoms. The van der Waals surface area contributed by atoms with Gasteiger partial charge in [0.1, 0.15) is 10.5 Å². The normalized spacial score (nSPS) is 11.5. The molecular weight excluding hydrogens is 408 g/mol. The predicted molar refractivity (Wildman–Crippen MR) is 116 cm³/mol. The molecule has 0 bridgehead atoms. The van der Waals surface area contributed by atoms with E-state index in [2.05, 4.69) is 0 Å². The molecule has 0 aliphatic rings. The molecule has 3 heterocycles. The summed E-state index contributed by atoms with van der Waals surface area (Å²) < 4.78 is 9.79. The Balaban J connectivity index is 1.82. The van der Waals surface area contributed by atoms with Crippen molar-refractivity contribution in [3.63, 3.8) is 0 Å². The van der Waals surface area contributed by atoms with Crippen molar-refractivity contribution in [2.75, 3.05) is 0 Å². The molecule has 144 valence electrons. The predicted octanol–water partition coefficient (Wildman–Crippen LogP) is 4.72. The van der Waals surface area contributed by atoms with Crippen LogP contribution in [0, 0.1) is 0 Å². The van der Waals surface area contributed by atoms with Gasteiger partial charge in [0.05, 0.1) is 24.9 Å². The molecular formula is C22H15ClN2O3S. The van der Waals surface area contributed by atoms with Crippen LogP contribution in [0.1, 0.15) is 11.3 Å². The summed E-state index contributed by atoms with van der Waals surface area (Å²) in [6.07, 6.45) is 1.53. The first-order valence-corrected chi connectivity index (χ1v) is 10.2. The molecule has 5 rings (SSSR count). The van der Waals surface area contributed by atoms with Gasteiger partial charge in [0.25, 0.3) is 5.56 Å². The maximum Gasteiger partial charge on any atom is 0.332 e.